The maximum Gasteiger partial charge on any atom is 0.212 e. The molecule has 0 bridgehead atoms. The number of carbonyl (C=O) groups is 2. The fraction of sp³-hybridized carbons (Fsp3) is 0. The highest BCUT2D eigenvalue weighted by Crippen LogP contribution is 2.50. The molecule has 4 rings (SSSR count). The first-order valence-corrected chi connectivity index (χ1v) is 9.17. The average Bonchev–Trinajstić information content (AvgIpc) is 3.05. The summed E-state index contributed by atoms with van der Waals surface area (Å²) in [7, 11) is 0. The minimum atomic E-state index is -0.363. The Morgan fingerprint density at radius 2 is 1.64 bits per heavy atom. The molecule has 0 spiro atoms. The van der Waals surface area contributed by atoms with Gasteiger partial charge < -0.3 is 11.1 Å². The van der Waals surface area contributed by atoms with E-state index in [2.05, 4.69) is 5.32 Å². The van der Waals surface area contributed by atoms with Gasteiger partial charge in [-0.25, -0.2) is 0 Å². The zero-order chi connectivity index (χ0) is 18.0. The number of nitrogen functional groups attached to an aromatic ring is 1. The second-order valence-corrected chi connectivity index (χ2v) is 8.01. The normalized spacial score (nSPS) is 18.4. The number of rotatable bonds is 0. The minimum absolute atomic E-state index is 0.135. The number of hydrogen-bond donors (Lipinski definition) is 2. The van der Waals surface area contributed by atoms with E-state index in [9.17, 15) is 9.59 Å². The number of Topliss-reactive ketones (excluding diaryl/α,β-unsaturated/α-hetero) is 2. The van der Waals surface area contributed by atoms with E-state index in [1.54, 1.807) is 0 Å². The number of ketones is 2. The first kappa shape index (κ1) is 17.1. The molecule has 126 valence electrons. The van der Waals surface area contributed by atoms with Gasteiger partial charge in [0, 0.05) is 15.5 Å². The molecule has 9 heteroatoms. The Labute approximate surface area is 166 Å². The van der Waals surface area contributed by atoms with Crippen molar-refractivity contribution in [1.29, 1.82) is 0 Å². The van der Waals surface area contributed by atoms with Crippen LogP contribution in [0.3, 0.4) is 0 Å². The molecule has 0 aliphatic carbocycles. The van der Waals surface area contributed by atoms with Crippen LogP contribution in [-0.2, 0) is 0 Å². The van der Waals surface area contributed by atoms with Crippen LogP contribution in [0, 0.1) is 0 Å². The van der Waals surface area contributed by atoms with Crippen molar-refractivity contribution < 1.29 is 9.59 Å². The quantitative estimate of drug-likeness (QED) is 0.414. The third-order valence-corrected chi connectivity index (χ3v) is 6.42. The van der Waals surface area contributed by atoms with E-state index in [0.29, 0.717) is 31.8 Å². The van der Waals surface area contributed by atoms with Crippen LogP contribution >= 0.6 is 58.2 Å². The number of hydrogen-bond acceptors (Lipinski definition) is 5. The number of halogens is 4. The van der Waals surface area contributed by atoms with Gasteiger partial charge in [-0.1, -0.05) is 58.2 Å². The predicted octanol–water partition coefficient (Wildman–Crippen LogP) is 5.69. The summed E-state index contributed by atoms with van der Waals surface area (Å²) in [6.07, 6.45) is 0. The van der Waals surface area contributed by atoms with Gasteiger partial charge >= 0.3 is 0 Å². The molecule has 0 unspecified atom stereocenters. The lowest BCUT2D eigenvalue weighted by molar-refractivity contribution is 0.101. The van der Waals surface area contributed by atoms with Gasteiger partial charge in [0.1, 0.15) is 5.70 Å². The number of thioether (sulfide) groups is 1. The van der Waals surface area contributed by atoms with Gasteiger partial charge in [0.15, 0.2) is 0 Å². The first-order chi connectivity index (χ1) is 11.8. The van der Waals surface area contributed by atoms with E-state index in [4.69, 9.17) is 52.1 Å². The summed E-state index contributed by atoms with van der Waals surface area (Å²) in [4.78, 5) is 26.2. The van der Waals surface area contributed by atoms with Crippen LogP contribution in [0.1, 0.15) is 20.7 Å². The number of nitrogens with one attached hydrogen (secondary N) is 1. The summed E-state index contributed by atoms with van der Waals surface area (Å²) in [5, 5.41) is 3.94. The second-order valence-electron chi connectivity index (χ2n) is 5.36. The Morgan fingerprint density at radius 3 is 2.36 bits per heavy atom. The van der Waals surface area contributed by atoms with Gasteiger partial charge in [0.25, 0.3) is 0 Å². The zero-order valence-corrected chi connectivity index (χ0v) is 15.9. The lowest BCUT2D eigenvalue weighted by atomic mass is 10.1. The Hall–Kier alpha value is -1.37. The van der Waals surface area contributed by atoms with Crippen LogP contribution in [0.2, 0.25) is 20.1 Å². The van der Waals surface area contributed by atoms with Crippen molar-refractivity contribution in [2.45, 2.75) is 4.90 Å². The number of carbonyl (C=O) groups excluding carboxylic acids is 2. The van der Waals surface area contributed by atoms with Crippen LogP contribution in [0.4, 0.5) is 11.4 Å². The Morgan fingerprint density at radius 1 is 0.920 bits per heavy atom. The highest BCUT2D eigenvalue weighted by Gasteiger charge is 2.38. The molecule has 2 aliphatic rings. The van der Waals surface area contributed by atoms with E-state index in [0.717, 1.165) is 11.8 Å². The largest absolute Gasteiger partial charge is 0.396 e. The molecule has 2 heterocycles. The maximum absolute atomic E-state index is 12.8. The SMILES string of the molecule is Nc1c(Cl)cc2c(c1Cl)S/C(=C1/Nc3c(Cl)cc(Cl)cc3C1=O)C2=O. The molecule has 2 aliphatic heterocycles. The Kier molecular flexibility index (Phi) is 3.98. The molecule has 2 aromatic carbocycles. The lowest BCUT2D eigenvalue weighted by Gasteiger charge is -2.05. The van der Waals surface area contributed by atoms with Crippen molar-refractivity contribution in [3.05, 3.63) is 60.0 Å². The smallest absolute Gasteiger partial charge is 0.212 e. The molecule has 0 atom stereocenters. The molecule has 3 N–H and O–H groups in total. The van der Waals surface area contributed by atoms with Crippen molar-refractivity contribution in [2.24, 2.45) is 0 Å². The number of anilines is 2. The highest BCUT2D eigenvalue weighted by molar-refractivity contribution is 8.05. The third-order valence-electron chi connectivity index (χ3n) is 3.87. The monoisotopic (exact) mass is 430 g/mol. The number of benzene rings is 2. The van der Waals surface area contributed by atoms with Gasteiger partial charge in [-0.3, -0.25) is 9.59 Å². The van der Waals surface area contributed by atoms with Gasteiger partial charge in [0.05, 0.1) is 36.9 Å². The molecule has 0 aromatic heterocycles. The third kappa shape index (κ3) is 2.46. The van der Waals surface area contributed by atoms with Gasteiger partial charge in [-0.05, 0) is 18.2 Å². The summed E-state index contributed by atoms with van der Waals surface area (Å²) < 4.78 is 0. The fourth-order valence-corrected chi connectivity index (χ4v) is 4.90. The summed E-state index contributed by atoms with van der Waals surface area (Å²) in [6, 6.07) is 4.48. The molecule has 0 saturated carbocycles. The number of nitrogens with two attached hydrogens (primary N) is 1. The molecule has 25 heavy (non-hydrogen) atoms. The van der Waals surface area contributed by atoms with Crippen LogP contribution in [0.25, 0.3) is 0 Å². The highest BCUT2D eigenvalue weighted by atomic mass is 35.5. The fourth-order valence-electron chi connectivity index (χ4n) is 2.68. The van der Waals surface area contributed by atoms with E-state index >= 15 is 0 Å². The first-order valence-electron chi connectivity index (χ1n) is 6.84. The van der Waals surface area contributed by atoms with E-state index in [1.807, 2.05) is 0 Å². The molecule has 0 saturated heterocycles. The van der Waals surface area contributed by atoms with Crippen LogP contribution in [-0.4, -0.2) is 11.6 Å². The molecule has 2 aromatic rings. The van der Waals surface area contributed by atoms with Crippen LogP contribution < -0.4 is 11.1 Å². The van der Waals surface area contributed by atoms with Crippen molar-refractivity contribution >= 4 is 81.1 Å². The van der Waals surface area contributed by atoms with Crippen molar-refractivity contribution in [2.75, 3.05) is 11.1 Å². The molecule has 0 amide bonds. The molecule has 0 radical (unpaired) electrons. The number of allylic oxidation sites excluding steroid dienone is 2. The molecule has 0 fully saturated rings. The predicted molar refractivity (Wildman–Crippen MR) is 103 cm³/mol. The summed E-state index contributed by atoms with van der Waals surface area (Å²) in [6.45, 7) is 0. The number of fused-ring (bicyclic) bond motifs is 2. The van der Waals surface area contributed by atoms with Gasteiger partial charge in [0.2, 0.25) is 11.6 Å². The van der Waals surface area contributed by atoms with E-state index in [1.165, 1.54) is 18.2 Å². The van der Waals surface area contributed by atoms with Crippen LogP contribution in [0.5, 0.6) is 0 Å². The van der Waals surface area contributed by atoms with Crippen molar-refractivity contribution in [3.8, 4) is 0 Å². The standard InChI is InChI=1S/C16H6Cl4N2O2S/c17-4-1-5-11(8(19)2-4)22-12(13(5)23)16-14(24)6-3-7(18)10(21)9(20)15(6)25-16/h1-3,22H,21H2/b16-12+. The average molecular weight is 432 g/mol. The minimum Gasteiger partial charge on any atom is -0.396 e. The molecule has 4 nitrogen and oxygen atoms in total. The van der Waals surface area contributed by atoms with Crippen LogP contribution in [0.15, 0.2) is 33.7 Å². The summed E-state index contributed by atoms with van der Waals surface area (Å²) in [5.41, 5.74) is 7.19. The second kappa shape index (κ2) is 5.83. The maximum atomic E-state index is 12.8. The molecular weight excluding hydrogens is 426 g/mol. The Balaban J connectivity index is 1.87. The van der Waals surface area contributed by atoms with Crippen molar-refractivity contribution in [3.63, 3.8) is 0 Å². The van der Waals surface area contributed by atoms with Gasteiger partial charge in [-0.15, -0.1) is 0 Å². The molecular formula is C16H6Cl4N2O2S. The van der Waals surface area contributed by atoms with E-state index < -0.39 is 0 Å². The van der Waals surface area contributed by atoms with Gasteiger partial charge in [-0.2, -0.15) is 0 Å². The zero-order valence-electron chi connectivity index (χ0n) is 12.0. The Bertz CT molecular complexity index is 1050. The summed E-state index contributed by atoms with van der Waals surface area (Å²) >= 11 is 25.4. The van der Waals surface area contributed by atoms with E-state index in [-0.39, 0.29) is 37.9 Å². The topological polar surface area (TPSA) is 72.2 Å². The lowest BCUT2D eigenvalue weighted by Crippen LogP contribution is -2.07. The van der Waals surface area contributed by atoms with Crippen molar-refractivity contribution in [1.82, 2.24) is 0 Å². The summed E-state index contributed by atoms with van der Waals surface area (Å²) in [5.74, 6) is -0.715.